The number of aromatic nitrogens is 1. The lowest BCUT2D eigenvalue weighted by atomic mass is 10.1. The van der Waals surface area contributed by atoms with Gasteiger partial charge in [-0.25, -0.2) is 18.1 Å². The molecule has 0 radical (unpaired) electrons. The van der Waals surface area contributed by atoms with Gasteiger partial charge >= 0.3 is 0 Å². The molecule has 0 bridgehead atoms. The first-order chi connectivity index (χ1) is 13.1. The van der Waals surface area contributed by atoms with Crippen LogP contribution in [-0.4, -0.2) is 37.3 Å². The molecule has 0 aliphatic carbocycles. The summed E-state index contributed by atoms with van der Waals surface area (Å²) >= 11 is 1.34. The summed E-state index contributed by atoms with van der Waals surface area (Å²) in [7, 11) is -3.91. The topological polar surface area (TPSA) is 131 Å². The van der Waals surface area contributed by atoms with E-state index in [9.17, 15) is 23.3 Å². The number of benzene rings is 1. The van der Waals surface area contributed by atoms with Crippen molar-refractivity contribution in [2.75, 3.05) is 13.1 Å². The summed E-state index contributed by atoms with van der Waals surface area (Å²) in [5, 5.41) is 14.3. The fourth-order valence-electron chi connectivity index (χ4n) is 2.39. The van der Waals surface area contributed by atoms with E-state index in [1.165, 1.54) is 29.5 Å². The Kier molecular flexibility index (Phi) is 7.22. The fraction of sp³-hybridized carbons (Fsp3) is 0.412. The molecule has 0 atom stereocenters. The summed E-state index contributed by atoms with van der Waals surface area (Å²) in [5.41, 5.74) is 0.337. The normalized spacial score (nSPS) is 11.6. The number of rotatable bonds is 9. The highest BCUT2D eigenvalue weighted by Gasteiger charge is 2.18. The van der Waals surface area contributed by atoms with Crippen LogP contribution in [0.3, 0.4) is 0 Å². The molecule has 0 aliphatic rings. The number of nitro benzene ring substituents is 1. The van der Waals surface area contributed by atoms with Gasteiger partial charge in [-0.2, -0.15) is 0 Å². The van der Waals surface area contributed by atoms with Gasteiger partial charge in [0.05, 0.1) is 20.5 Å². The van der Waals surface area contributed by atoms with Crippen molar-refractivity contribution < 1.29 is 18.1 Å². The summed E-state index contributed by atoms with van der Waals surface area (Å²) < 4.78 is 26.8. The Balaban J connectivity index is 1.91. The standard InChI is InChI=1S/C17H22N4O5S2/c1-11(2)9-15-20-12(3)16(27-15)17(22)18-7-8-19-28(25,26)14-6-4-5-13(10-14)21(23)24/h4-6,10-11,19H,7-9H2,1-3H3,(H,18,22). The number of nitro groups is 1. The number of hydrogen-bond acceptors (Lipinski definition) is 7. The van der Waals surface area contributed by atoms with Gasteiger partial charge in [-0.05, 0) is 18.9 Å². The first-order valence-corrected chi connectivity index (χ1v) is 10.9. The number of sulfonamides is 1. The van der Waals surface area contributed by atoms with E-state index in [1.807, 2.05) is 0 Å². The van der Waals surface area contributed by atoms with Crippen molar-refractivity contribution in [2.24, 2.45) is 5.92 Å². The zero-order chi connectivity index (χ0) is 20.9. The fourth-order valence-corrected chi connectivity index (χ4v) is 4.65. The summed E-state index contributed by atoms with van der Waals surface area (Å²) in [6, 6.07) is 4.77. The predicted octanol–water partition coefficient (Wildman–Crippen LogP) is 2.27. The van der Waals surface area contributed by atoms with Crippen LogP contribution in [-0.2, 0) is 16.4 Å². The van der Waals surface area contributed by atoms with Crippen molar-refractivity contribution in [1.82, 2.24) is 15.0 Å². The maximum Gasteiger partial charge on any atom is 0.270 e. The SMILES string of the molecule is Cc1nc(CC(C)C)sc1C(=O)NCCNS(=O)(=O)c1cccc([N+](=O)[O-])c1. The second-order valence-electron chi connectivity index (χ2n) is 6.53. The maximum absolute atomic E-state index is 12.3. The predicted molar refractivity (Wildman–Crippen MR) is 106 cm³/mol. The molecule has 9 nitrogen and oxygen atoms in total. The van der Waals surface area contributed by atoms with E-state index in [4.69, 9.17) is 0 Å². The number of thiazole rings is 1. The highest BCUT2D eigenvalue weighted by atomic mass is 32.2. The summed E-state index contributed by atoms with van der Waals surface area (Å²) in [4.78, 5) is 27.1. The van der Waals surface area contributed by atoms with Gasteiger partial charge in [0.1, 0.15) is 4.88 Å². The minimum absolute atomic E-state index is 0.0481. The van der Waals surface area contributed by atoms with Crippen LogP contribution in [0.1, 0.15) is 34.2 Å². The van der Waals surface area contributed by atoms with Crippen LogP contribution < -0.4 is 10.0 Å². The maximum atomic E-state index is 12.3. The number of carbonyl (C=O) groups excluding carboxylic acids is 1. The molecule has 1 amide bonds. The highest BCUT2D eigenvalue weighted by Crippen LogP contribution is 2.20. The molecule has 2 N–H and O–H groups in total. The van der Waals surface area contributed by atoms with Crippen LogP contribution in [0.5, 0.6) is 0 Å². The Morgan fingerprint density at radius 1 is 1.32 bits per heavy atom. The van der Waals surface area contributed by atoms with Gasteiger partial charge in [-0.1, -0.05) is 19.9 Å². The van der Waals surface area contributed by atoms with Crippen LogP contribution in [0.25, 0.3) is 0 Å². The van der Waals surface area contributed by atoms with Gasteiger partial charge in [0.2, 0.25) is 10.0 Å². The van der Waals surface area contributed by atoms with E-state index in [1.54, 1.807) is 6.92 Å². The minimum atomic E-state index is -3.91. The Hall–Kier alpha value is -2.37. The molecule has 1 aromatic heterocycles. The van der Waals surface area contributed by atoms with Crippen molar-refractivity contribution >= 4 is 33.0 Å². The van der Waals surface area contributed by atoms with E-state index in [2.05, 4.69) is 28.9 Å². The number of non-ortho nitro benzene ring substituents is 1. The molecule has 0 aliphatic heterocycles. The molecule has 0 fully saturated rings. The summed E-state index contributed by atoms with van der Waals surface area (Å²) in [5.74, 6) is 0.129. The number of nitrogens with zero attached hydrogens (tertiary/aromatic N) is 2. The van der Waals surface area contributed by atoms with Crippen LogP contribution in [0, 0.1) is 23.0 Å². The minimum Gasteiger partial charge on any atom is -0.350 e. The van der Waals surface area contributed by atoms with E-state index in [-0.39, 0.29) is 29.6 Å². The molecule has 2 aromatic rings. The summed E-state index contributed by atoms with van der Waals surface area (Å²) in [6.45, 7) is 5.94. The van der Waals surface area contributed by atoms with Crippen LogP contribution in [0.15, 0.2) is 29.2 Å². The van der Waals surface area contributed by atoms with Crippen LogP contribution in [0.2, 0.25) is 0 Å². The van der Waals surface area contributed by atoms with Gasteiger partial charge in [0, 0.05) is 31.6 Å². The van der Waals surface area contributed by atoms with Gasteiger partial charge in [-0.3, -0.25) is 14.9 Å². The second-order valence-corrected chi connectivity index (χ2v) is 9.38. The molecule has 0 unspecified atom stereocenters. The smallest absolute Gasteiger partial charge is 0.270 e. The number of carbonyl (C=O) groups is 1. The van der Waals surface area contributed by atoms with Gasteiger partial charge < -0.3 is 5.32 Å². The monoisotopic (exact) mass is 426 g/mol. The third-order valence-electron chi connectivity index (χ3n) is 3.67. The molecular weight excluding hydrogens is 404 g/mol. The van der Waals surface area contributed by atoms with Crippen LogP contribution >= 0.6 is 11.3 Å². The lowest BCUT2D eigenvalue weighted by Gasteiger charge is -2.07. The molecule has 152 valence electrons. The zero-order valence-electron chi connectivity index (χ0n) is 15.8. The number of amides is 1. The number of nitrogens with one attached hydrogen (secondary N) is 2. The largest absolute Gasteiger partial charge is 0.350 e. The molecule has 0 saturated heterocycles. The lowest BCUT2D eigenvalue weighted by Crippen LogP contribution is -2.34. The summed E-state index contributed by atoms with van der Waals surface area (Å²) in [6.07, 6.45) is 0.793. The van der Waals surface area contributed by atoms with Gasteiger partial charge in [0.15, 0.2) is 0 Å². The Morgan fingerprint density at radius 3 is 2.68 bits per heavy atom. The third kappa shape index (κ3) is 5.81. The highest BCUT2D eigenvalue weighted by molar-refractivity contribution is 7.89. The van der Waals surface area contributed by atoms with E-state index < -0.39 is 14.9 Å². The van der Waals surface area contributed by atoms with Crippen molar-refractivity contribution in [1.29, 1.82) is 0 Å². The second kappa shape index (κ2) is 9.22. The Morgan fingerprint density at radius 2 is 2.04 bits per heavy atom. The van der Waals surface area contributed by atoms with Crippen molar-refractivity contribution in [2.45, 2.75) is 32.1 Å². The van der Waals surface area contributed by atoms with Gasteiger partial charge in [0.25, 0.3) is 11.6 Å². The number of hydrogen-bond donors (Lipinski definition) is 2. The zero-order valence-corrected chi connectivity index (χ0v) is 17.4. The average Bonchev–Trinajstić information content (AvgIpc) is 2.98. The van der Waals surface area contributed by atoms with E-state index in [0.29, 0.717) is 16.5 Å². The molecule has 28 heavy (non-hydrogen) atoms. The Labute approximate surface area is 167 Å². The Bertz CT molecular complexity index is 970. The molecule has 1 heterocycles. The molecule has 1 aromatic carbocycles. The van der Waals surface area contributed by atoms with Crippen molar-refractivity contribution in [3.05, 3.63) is 50.0 Å². The third-order valence-corrected chi connectivity index (χ3v) is 6.31. The first kappa shape index (κ1) is 21.9. The van der Waals surface area contributed by atoms with E-state index in [0.717, 1.165) is 17.5 Å². The van der Waals surface area contributed by atoms with Crippen LogP contribution in [0.4, 0.5) is 5.69 Å². The average molecular weight is 427 g/mol. The first-order valence-electron chi connectivity index (χ1n) is 8.58. The molecule has 0 spiro atoms. The molecule has 0 saturated carbocycles. The van der Waals surface area contributed by atoms with Crippen molar-refractivity contribution in [3.63, 3.8) is 0 Å². The molecule has 2 rings (SSSR count). The molecular formula is C17H22N4O5S2. The molecule has 11 heteroatoms. The lowest BCUT2D eigenvalue weighted by molar-refractivity contribution is -0.385. The van der Waals surface area contributed by atoms with Gasteiger partial charge in [-0.15, -0.1) is 11.3 Å². The van der Waals surface area contributed by atoms with E-state index >= 15 is 0 Å². The quantitative estimate of drug-likeness (QED) is 0.359. The number of aryl methyl sites for hydroxylation is 1. The van der Waals surface area contributed by atoms with Crippen molar-refractivity contribution in [3.8, 4) is 0 Å².